The summed E-state index contributed by atoms with van der Waals surface area (Å²) in [4.78, 5) is 27.4. The highest BCUT2D eigenvalue weighted by molar-refractivity contribution is 6.09. The first-order chi connectivity index (χ1) is 7.71. The Balaban J connectivity index is 2.11. The van der Waals surface area contributed by atoms with E-state index >= 15 is 0 Å². The highest BCUT2D eigenvalue weighted by Gasteiger charge is 2.47. The van der Waals surface area contributed by atoms with Crippen molar-refractivity contribution in [2.24, 2.45) is 0 Å². The fourth-order valence-electron chi connectivity index (χ4n) is 2.11. The Morgan fingerprint density at radius 1 is 1.38 bits per heavy atom. The van der Waals surface area contributed by atoms with E-state index in [1.165, 1.54) is 0 Å². The second kappa shape index (κ2) is 3.01. The molecule has 0 saturated carbocycles. The molecule has 16 heavy (non-hydrogen) atoms. The smallest absolute Gasteiger partial charge is 0.307 e. The van der Waals surface area contributed by atoms with Gasteiger partial charge in [-0.3, -0.25) is 14.6 Å². The van der Waals surface area contributed by atoms with Crippen molar-refractivity contribution in [1.82, 2.24) is 4.98 Å². The maximum absolute atomic E-state index is 12.2. The van der Waals surface area contributed by atoms with Crippen LogP contribution < -0.4 is 0 Å². The second-order valence-corrected chi connectivity index (χ2v) is 3.97. The van der Waals surface area contributed by atoms with E-state index in [1.54, 1.807) is 24.4 Å². The number of pyridine rings is 1. The molecule has 1 aromatic rings. The molecule has 0 amide bonds. The van der Waals surface area contributed by atoms with Crippen molar-refractivity contribution in [3.8, 4) is 0 Å². The van der Waals surface area contributed by atoms with Crippen molar-refractivity contribution in [3.63, 3.8) is 0 Å². The lowest BCUT2D eigenvalue weighted by molar-refractivity contribution is -0.143. The number of carbonyl (C=O) groups excluding carboxylic acids is 2. The number of Topliss-reactive ketones (excluding diaryl/α,β-unsaturated/α-hetero) is 1. The average Bonchev–Trinajstić information content (AvgIpc) is 2.68. The lowest BCUT2D eigenvalue weighted by Gasteiger charge is -2.25. The summed E-state index contributed by atoms with van der Waals surface area (Å²) in [6.07, 6.45) is 5.74. The van der Waals surface area contributed by atoms with Crippen molar-refractivity contribution in [1.29, 1.82) is 0 Å². The van der Waals surface area contributed by atoms with Crippen LogP contribution in [0.25, 0.3) is 6.08 Å². The van der Waals surface area contributed by atoms with E-state index < -0.39 is 5.60 Å². The number of nitrogens with zero attached hydrogens (tertiary/aromatic N) is 1. The molecule has 4 heteroatoms. The maximum Gasteiger partial charge on any atom is 0.307 e. The van der Waals surface area contributed by atoms with Crippen LogP contribution in [-0.4, -0.2) is 22.3 Å². The molecule has 1 atom stereocenters. The van der Waals surface area contributed by atoms with Crippen molar-refractivity contribution < 1.29 is 14.3 Å². The van der Waals surface area contributed by atoms with Gasteiger partial charge in [-0.05, 0) is 12.1 Å². The fraction of sp³-hybridized carbons (Fsp3) is 0.250. The molecule has 0 bridgehead atoms. The van der Waals surface area contributed by atoms with E-state index in [0.29, 0.717) is 12.1 Å². The summed E-state index contributed by atoms with van der Waals surface area (Å²) in [6.45, 7) is 0. The maximum atomic E-state index is 12.2. The van der Waals surface area contributed by atoms with Crippen LogP contribution in [0.2, 0.25) is 0 Å². The monoisotopic (exact) mass is 215 g/mol. The number of hydrogen-bond donors (Lipinski definition) is 0. The summed E-state index contributed by atoms with van der Waals surface area (Å²) in [5, 5.41) is 0. The van der Waals surface area contributed by atoms with Gasteiger partial charge in [0.2, 0.25) is 5.78 Å². The molecule has 2 heterocycles. The zero-order chi connectivity index (χ0) is 11.2. The number of rotatable bonds is 0. The summed E-state index contributed by atoms with van der Waals surface area (Å²) in [6, 6.07) is 3.59. The van der Waals surface area contributed by atoms with Gasteiger partial charge in [-0.15, -0.1) is 0 Å². The summed E-state index contributed by atoms with van der Waals surface area (Å²) >= 11 is 0. The summed E-state index contributed by atoms with van der Waals surface area (Å²) < 4.78 is 5.14. The van der Waals surface area contributed by atoms with E-state index in [4.69, 9.17) is 4.74 Å². The van der Waals surface area contributed by atoms with Crippen LogP contribution in [0.1, 0.15) is 28.9 Å². The molecule has 1 saturated heterocycles. The first kappa shape index (κ1) is 9.27. The number of ether oxygens (including phenoxy) is 1. The van der Waals surface area contributed by atoms with Crippen LogP contribution in [0, 0.1) is 0 Å². The number of ketones is 1. The largest absolute Gasteiger partial charge is 0.446 e. The zero-order valence-electron chi connectivity index (χ0n) is 8.47. The van der Waals surface area contributed by atoms with Gasteiger partial charge >= 0.3 is 5.97 Å². The van der Waals surface area contributed by atoms with Gasteiger partial charge in [0.1, 0.15) is 5.69 Å². The number of fused-ring (bicyclic) bond motifs is 1. The van der Waals surface area contributed by atoms with Crippen LogP contribution >= 0.6 is 0 Å². The first-order valence-electron chi connectivity index (χ1n) is 5.12. The van der Waals surface area contributed by atoms with Gasteiger partial charge < -0.3 is 4.74 Å². The molecule has 0 radical (unpaired) electrons. The molecule has 0 unspecified atom stereocenters. The molecular weight excluding hydrogens is 206 g/mol. The molecule has 2 aliphatic rings. The summed E-state index contributed by atoms with van der Waals surface area (Å²) in [7, 11) is 0. The minimum absolute atomic E-state index is 0.212. The zero-order valence-corrected chi connectivity index (χ0v) is 8.47. The van der Waals surface area contributed by atoms with Crippen LogP contribution in [0.3, 0.4) is 0 Å². The van der Waals surface area contributed by atoms with Crippen molar-refractivity contribution in [3.05, 3.63) is 35.7 Å². The molecule has 1 aliphatic carbocycles. The van der Waals surface area contributed by atoms with Crippen LogP contribution in [-0.2, 0) is 9.53 Å². The van der Waals surface area contributed by atoms with Crippen LogP contribution in [0.15, 0.2) is 24.4 Å². The molecular formula is C12H9NO3. The predicted octanol–water partition coefficient (Wildman–Crippen LogP) is 1.37. The normalized spacial score (nSPS) is 27.0. The molecule has 4 nitrogen and oxygen atoms in total. The van der Waals surface area contributed by atoms with E-state index in [-0.39, 0.29) is 18.2 Å². The van der Waals surface area contributed by atoms with Crippen LogP contribution in [0.5, 0.6) is 0 Å². The minimum atomic E-state index is -1.08. The van der Waals surface area contributed by atoms with Gasteiger partial charge in [-0.25, -0.2) is 0 Å². The Hall–Kier alpha value is -1.97. The molecule has 0 aromatic carbocycles. The third-order valence-electron chi connectivity index (χ3n) is 2.97. The van der Waals surface area contributed by atoms with Crippen LogP contribution in [0.4, 0.5) is 0 Å². The van der Waals surface area contributed by atoms with E-state index in [1.807, 2.05) is 6.07 Å². The van der Waals surface area contributed by atoms with Gasteiger partial charge in [0.05, 0.1) is 6.42 Å². The van der Waals surface area contributed by atoms with Crippen molar-refractivity contribution in [2.45, 2.75) is 18.4 Å². The lowest BCUT2D eigenvalue weighted by atomic mass is 9.86. The predicted molar refractivity (Wildman–Crippen MR) is 55.7 cm³/mol. The quantitative estimate of drug-likeness (QED) is 0.613. The van der Waals surface area contributed by atoms with Crippen molar-refractivity contribution in [2.75, 3.05) is 0 Å². The number of carbonyl (C=O) groups is 2. The molecule has 1 aliphatic heterocycles. The molecule has 3 rings (SSSR count). The van der Waals surface area contributed by atoms with E-state index in [0.717, 1.165) is 5.56 Å². The molecule has 0 N–H and O–H groups in total. The van der Waals surface area contributed by atoms with Gasteiger partial charge in [0.15, 0.2) is 5.60 Å². The SMILES string of the molecule is O=C1CC[C@@]2(C=Cc3cccnc3C2=O)O1. The molecule has 1 spiro atoms. The molecule has 1 aromatic heterocycles. The Labute approximate surface area is 91.9 Å². The standard InChI is InChI=1S/C12H9NO3/c14-9-4-6-12(16-9)5-3-8-2-1-7-13-10(8)11(12)15/h1-3,5,7H,4,6H2/t12-/m1/s1. The topological polar surface area (TPSA) is 56.3 Å². The Bertz CT molecular complexity index is 521. The Morgan fingerprint density at radius 3 is 3.00 bits per heavy atom. The summed E-state index contributed by atoms with van der Waals surface area (Å²) in [5.74, 6) is -0.533. The van der Waals surface area contributed by atoms with Crippen molar-refractivity contribution >= 4 is 17.8 Å². The third kappa shape index (κ3) is 1.13. The number of aromatic nitrogens is 1. The fourth-order valence-corrected chi connectivity index (χ4v) is 2.11. The Kier molecular flexibility index (Phi) is 1.74. The second-order valence-electron chi connectivity index (χ2n) is 3.97. The van der Waals surface area contributed by atoms with Gasteiger partial charge in [0.25, 0.3) is 0 Å². The van der Waals surface area contributed by atoms with Gasteiger partial charge in [-0.2, -0.15) is 0 Å². The third-order valence-corrected chi connectivity index (χ3v) is 2.97. The van der Waals surface area contributed by atoms with Gasteiger partial charge in [-0.1, -0.05) is 12.1 Å². The molecule has 80 valence electrons. The highest BCUT2D eigenvalue weighted by Crippen LogP contribution is 2.35. The van der Waals surface area contributed by atoms with E-state index in [2.05, 4.69) is 4.98 Å². The Morgan fingerprint density at radius 2 is 2.25 bits per heavy atom. The van der Waals surface area contributed by atoms with E-state index in [9.17, 15) is 9.59 Å². The minimum Gasteiger partial charge on any atom is -0.446 e. The number of esters is 1. The average molecular weight is 215 g/mol. The first-order valence-corrected chi connectivity index (χ1v) is 5.12. The number of hydrogen-bond acceptors (Lipinski definition) is 4. The molecule has 1 fully saturated rings. The van der Waals surface area contributed by atoms with Gasteiger partial charge in [0, 0.05) is 18.2 Å². The highest BCUT2D eigenvalue weighted by atomic mass is 16.6. The lowest BCUT2D eigenvalue weighted by Crippen LogP contribution is -2.39. The summed E-state index contributed by atoms with van der Waals surface area (Å²) in [5.41, 5.74) is 0.0825.